The van der Waals surface area contributed by atoms with E-state index < -0.39 is 10.2 Å². The van der Waals surface area contributed by atoms with Crippen LogP contribution in [0.25, 0.3) is 10.9 Å². The number of aromatic nitrogens is 1. The van der Waals surface area contributed by atoms with Crippen molar-refractivity contribution in [1.82, 2.24) is 4.98 Å². The van der Waals surface area contributed by atoms with Gasteiger partial charge in [-0.25, -0.2) is 5.14 Å². The third-order valence-electron chi connectivity index (χ3n) is 2.28. The Morgan fingerprint density at radius 3 is 2.82 bits per heavy atom. The average molecular weight is 272 g/mol. The highest BCUT2D eigenvalue weighted by molar-refractivity contribution is 7.90. The van der Waals surface area contributed by atoms with Crippen LogP contribution in [0.2, 0.25) is 5.02 Å². The number of rotatable bonds is 2. The molecule has 17 heavy (non-hydrogen) atoms. The maximum atomic E-state index is 11.1. The fraction of sp³-hybridized carbons (Fsp3) is 0.100. The predicted molar refractivity (Wildman–Crippen MR) is 68.2 cm³/mol. The normalized spacial score (nSPS) is 11.7. The van der Waals surface area contributed by atoms with Crippen LogP contribution in [0.4, 0.5) is 5.69 Å². The van der Waals surface area contributed by atoms with Gasteiger partial charge in [-0.2, -0.15) is 8.42 Å². The van der Waals surface area contributed by atoms with E-state index in [0.29, 0.717) is 10.9 Å². The largest absolute Gasteiger partial charge is 0.296 e. The lowest BCUT2D eigenvalue weighted by molar-refractivity contribution is 0.603. The van der Waals surface area contributed by atoms with Gasteiger partial charge in [0.15, 0.2) is 0 Å². The molecule has 90 valence electrons. The number of nitrogens with two attached hydrogens (primary N) is 1. The van der Waals surface area contributed by atoms with Gasteiger partial charge in [-0.05, 0) is 30.7 Å². The highest BCUT2D eigenvalue weighted by Crippen LogP contribution is 2.32. The molecule has 0 unspecified atom stereocenters. The average Bonchev–Trinajstić information content (AvgIpc) is 2.23. The van der Waals surface area contributed by atoms with Crippen LogP contribution in [0.5, 0.6) is 0 Å². The summed E-state index contributed by atoms with van der Waals surface area (Å²) in [6.07, 6.45) is 1.63. The molecule has 0 spiro atoms. The Balaban J connectivity index is 2.78. The summed E-state index contributed by atoms with van der Waals surface area (Å²) < 4.78 is 24.3. The van der Waals surface area contributed by atoms with Crippen molar-refractivity contribution in [2.24, 2.45) is 5.14 Å². The van der Waals surface area contributed by atoms with Crippen LogP contribution in [0, 0.1) is 6.92 Å². The second kappa shape index (κ2) is 4.14. The smallest absolute Gasteiger partial charge is 0.269 e. The predicted octanol–water partition coefficient (Wildman–Crippen LogP) is 1.81. The van der Waals surface area contributed by atoms with Crippen LogP contribution in [-0.4, -0.2) is 13.4 Å². The van der Waals surface area contributed by atoms with Gasteiger partial charge in [0.1, 0.15) is 0 Å². The third-order valence-corrected chi connectivity index (χ3v) is 3.06. The first-order chi connectivity index (χ1) is 7.88. The molecule has 0 saturated carbocycles. The van der Waals surface area contributed by atoms with Crippen molar-refractivity contribution < 1.29 is 8.42 Å². The Morgan fingerprint density at radius 1 is 1.47 bits per heavy atom. The maximum Gasteiger partial charge on any atom is 0.296 e. The zero-order chi connectivity index (χ0) is 12.6. The van der Waals surface area contributed by atoms with Crippen LogP contribution in [-0.2, 0) is 10.2 Å². The molecule has 0 aliphatic heterocycles. The minimum Gasteiger partial charge on any atom is -0.269 e. The van der Waals surface area contributed by atoms with Crippen molar-refractivity contribution in [3.05, 3.63) is 35.0 Å². The Kier molecular flexibility index (Phi) is 2.94. The molecule has 7 heteroatoms. The molecule has 1 aromatic heterocycles. The monoisotopic (exact) mass is 271 g/mol. The fourth-order valence-corrected chi connectivity index (χ4v) is 2.50. The molecule has 1 aromatic carbocycles. The first-order valence-electron chi connectivity index (χ1n) is 4.73. The van der Waals surface area contributed by atoms with Gasteiger partial charge in [-0.15, -0.1) is 0 Å². The highest BCUT2D eigenvalue weighted by Gasteiger charge is 2.13. The van der Waals surface area contributed by atoms with Gasteiger partial charge in [-0.3, -0.25) is 9.71 Å². The van der Waals surface area contributed by atoms with E-state index in [0.717, 1.165) is 5.56 Å². The van der Waals surface area contributed by atoms with E-state index >= 15 is 0 Å². The van der Waals surface area contributed by atoms with E-state index in [1.165, 1.54) is 0 Å². The van der Waals surface area contributed by atoms with Crippen molar-refractivity contribution >= 4 is 38.4 Å². The summed E-state index contributed by atoms with van der Waals surface area (Å²) in [7, 11) is -3.87. The zero-order valence-electron chi connectivity index (χ0n) is 8.94. The number of fused-ring (bicyclic) bond motifs is 1. The van der Waals surface area contributed by atoms with E-state index in [9.17, 15) is 8.42 Å². The van der Waals surface area contributed by atoms with E-state index in [4.69, 9.17) is 16.7 Å². The summed E-state index contributed by atoms with van der Waals surface area (Å²) in [5.74, 6) is 0. The number of benzene rings is 1. The minimum absolute atomic E-state index is 0.253. The molecule has 5 nitrogen and oxygen atoms in total. The lowest BCUT2D eigenvalue weighted by atomic mass is 10.1. The Labute approximate surface area is 104 Å². The van der Waals surface area contributed by atoms with E-state index in [-0.39, 0.29) is 10.7 Å². The topological polar surface area (TPSA) is 85.1 Å². The first-order valence-corrected chi connectivity index (χ1v) is 6.65. The summed E-state index contributed by atoms with van der Waals surface area (Å²) in [6, 6.07) is 5.07. The third kappa shape index (κ3) is 2.49. The van der Waals surface area contributed by atoms with Crippen LogP contribution in [0.15, 0.2) is 24.4 Å². The second-order valence-corrected chi connectivity index (χ2v) is 5.30. The van der Waals surface area contributed by atoms with Gasteiger partial charge >= 0.3 is 0 Å². The van der Waals surface area contributed by atoms with Gasteiger partial charge < -0.3 is 0 Å². The van der Waals surface area contributed by atoms with Crippen LogP contribution >= 0.6 is 11.6 Å². The number of nitrogens with one attached hydrogen (secondary N) is 1. The van der Waals surface area contributed by atoms with E-state index in [2.05, 4.69) is 9.71 Å². The first kappa shape index (κ1) is 12.1. The van der Waals surface area contributed by atoms with Crippen molar-refractivity contribution in [2.75, 3.05) is 4.72 Å². The highest BCUT2D eigenvalue weighted by atomic mass is 35.5. The number of aryl methyl sites for hydroxylation is 1. The molecule has 0 amide bonds. The van der Waals surface area contributed by atoms with Crippen molar-refractivity contribution in [1.29, 1.82) is 0 Å². The van der Waals surface area contributed by atoms with E-state index in [1.807, 2.05) is 6.92 Å². The molecule has 1 heterocycles. The number of hydrogen-bond acceptors (Lipinski definition) is 3. The van der Waals surface area contributed by atoms with Gasteiger partial charge in [0.2, 0.25) is 0 Å². The summed E-state index contributed by atoms with van der Waals surface area (Å²) in [5.41, 5.74) is 1.80. The summed E-state index contributed by atoms with van der Waals surface area (Å²) in [5, 5.41) is 5.85. The quantitative estimate of drug-likeness (QED) is 0.873. The fourth-order valence-electron chi connectivity index (χ4n) is 1.63. The number of nitrogens with zero attached hydrogens (tertiary/aromatic N) is 1. The zero-order valence-corrected chi connectivity index (χ0v) is 10.5. The molecule has 0 atom stereocenters. The van der Waals surface area contributed by atoms with Gasteiger partial charge in [0, 0.05) is 11.6 Å². The molecule has 0 aliphatic carbocycles. The van der Waals surface area contributed by atoms with Crippen molar-refractivity contribution in [3.8, 4) is 0 Å². The van der Waals surface area contributed by atoms with Crippen LogP contribution in [0.1, 0.15) is 5.56 Å². The summed E-state index contributed by atoms with van der Waals surface area (Å²) in [4.78, 5) is 4.18. The second-order valence-electron chi connectivity index (χ2n) is 3.60. The van der Waals surface area contributed by atoms with Gasteiger partial charge in [0.25, 0.3) is 10.2 Å². The number of pyridine rings is 1. The minimum atomic E-state index is -3.87. The van der Waals surface area contributed by atoms with Crippen LogP contribution in [0.3, 0.4) is 0 Å². The van der Waals surface area contributed by atoms with Crippen molar-refractivity contribution in [2.45, 2.75) is 6.92 Å². The maximum absolute atomic E-state index is 11.1. The van der Waals surface area contributed by atoms with Gasteiger partial charge in [0.05, 0.1) is 16.2 Å². The number of hydrogen-bond donors (Lipinski definition) is 2. The molecule has 0 aliphatic rings. The summed E-state index contributed by atoms with van der Waals surface area (Å²) in [6.45, 7) is 1.85. The van der Waals surface area contributed by atoms with E-state index in [1.54, 1.807) is 24.4 Å². The summed E-state index contributed by atoms with van der Waals surface area (Å²) >= 11 is 6.00. The molecule has 2 rings (SSSR count). The lowest BCUT2D eigenvalue weighted by Crippen LogP contribution is -2.22. The number of halogens is 1. The molecule has 0 bridgehead atoms. The Bertz CT molecular complexity index is 685. The van der Waals surface area contributed by atoms with Crippen molar-refractivity contribution in [3.63, 3.8) is 0 Å². The number of anilines is 1. The molecular weight excluding hydrogens is 262 g/mol. The standard InChI is InChI=1S/C10H10ClN3O2S/c1-6-5-8(11)10(14-17(12,15)16)7-3-2-4-13-9(6)7/h2-5,14H,1H3,(H2,12,15,16). The molecule has 0 radical (unpaired) electrons. The van der Waals surface area contributed by atoms with Crippen LogP contribution < -0.4 is 9.86 Å². The SMILES string of the molecule is Cc1cc(Cl)c(NS(N)(=O)=O)c2cccnc12. The van der Waals surface area contributed by atoms with Gasteiger partial charge in [-0.1, -0.05) is 11.6 Å². The molecule has 0 fully saturated rings. The molecular formula is C10H10ClN3O2S. The lowest BCUT2D eigenvalue weighted by Gasteiger charge is -2.11. The Hall–Kier alpha value is -1.37. The Morgan fingerprint density at radius 2 is 2.18 bits per heavy atom. The molecule has 3 N–H and O–H groups in total. The molecule has 0 saturated heterocycles. The molecule has 2 aromatic rings.